The number of amides is 1. The van der Waals surface area contributed by atoms with Gasteiger partial charge in [-0.2, -0.15) is 0 Å². The summed E-state index contributed by atoms with van der Waals surface area (Å²) in [4.78, 5) is 18.2. The van der Waals surface area contributed by atoms with Crippen LogP contribution in [0.25, 0.3) is 0 Å². The van der Waals surface area contributed by atoms with Crippen molar-refractivity contribution in [1.29, 1.82) is 0 Å². The second kappa shape index (κ2) is 4.69. The van der Waals surface area contributed by atoms with Gasteiger partial charge < -0.3 is 10.6 Å². The van der Waals surface area contributed by atoms with Crippen LogP contribution < -0.4 is 5.73 Å². The van der Waals surface area contributed by atoms with Crippen LogP contribution in [0, 0.1) is 11.8 Å². The van der Waals surface area contributed by atoms with Crippen LogP contribution in [0.5, 0.6) is 0 Å². The van der Waals surface area contributed by atoms with Crippen LogP contribution in [0.3, 0.4) is 0 Å². The fourth-order valence-electron chi connectivity index (χ4n) is 2.87. The molecule has 1 aliphatic heterocycles. The lowest BCUT2D eigenvalue weighted by atomic mass is 9.99. The highest BCUT2D eigenvalue weighted by atomic mass is 16.2. The fourth-order valence-corrected chi connectivity index (χ4v) is 2.87. The zero-order valence-electron chi connectivity index (χ0n) is 10.5. The largest absolute Gasteiger partial charge is 0.340 e. The standard InChI is InChI=1S/C14H19N3O/c15-13-9-17(8-12(13)11-3-4-11)14(18)6-10-2-1-5-16-7-10/h1-2,5,7,11-13H,3-4,6,8-9,15H2. The topological polar surface area (TPSA) is 59.2 Å². The summed E-state index contributed by atoms with van der Waals surface area (Å²) in [6.45, 7) is 1.57. The molecule has 2 unspecified atom stereocenters. The number of pyridine rings is 1. The number of nitrogens with two attached hydrogens (primary N) is 1. The minimum atomic E-state index is 0.176. The van der Waals surface area contributed by atoms with E-state index in [1.54, 1.807) is 12.4 Å². The molecule has 2 atom stereocenters. The van der Waals surface area contributed by atoms with Gasteiger partial charge in [0.2, 0.25) is 5.91 Å². The number of aromatic nitrogens is 1. The maximum absolute atomic E-state index is 12.2. The molecule has 0 radical (unpaired) electrons. The van der Waals surface area contributed by atoms with Gasteiger partial charge in [-0.1, -0.05) is 6.07 Å². The average molecular weight is 245 g/mol. The number of likely N-dealkylation sites (tertiary alicyclic amines) is 1. The molecule has 0 bridgehead atoms. The van der Waals surface area contributed by atoms with Crippen LogP contribution in [0.1, 0.15) is 18.4 Å². The SMILES string of the molecule is NC1CN(C(=O)Cc2cccnc2)CC1C1CC1. The molecule has 2 N–H and O–H groups in total. The van der Waals surface area contributed by atoms with Crippen LogP contribution in [-0.2, 0) is 11.2 Å². The van der Waals surface area contributed by atoms with E-state index in [9.17, 15) is 4.79 Å². The van der Waals surface area contributed by atoms with Gasteiger partial charge in [-0.3, -0.25) is 9.78 Å². The lowest BCUT2D eigenvalue weighted by molar-refractivity contribution is -0.129. The van der Waals surface area contributed by atoms with E-state index < -0.39 is 0 Å². The van der Waals surface area contributed by atoms with Crippen molar-refractivity contribution >= 4 is 5.91 Å². The Morgan fingerprint density at radius 1 is 1.44 bits per heavy atom. The van der Waals surface area contributed by atoms with Gasteiger partial charge in [0.15, 0.2) is 0 Å². The minimum absolute atomic E-state index is 0.176. The Kier molecular flexibility index (Phi) is 3.04. The smallest absolute Gasteiger partial charge is 0.227 e. The number of rotatable bonds is 3. The van der Waals surface area contributed by atoms with Crippen LogP contribution in [-0.4, -0.2) is 34.9 Å². The Bertz CT molecular complexity index is 430. The highest BCUT2D eigenvalue weighted by Gasteiger charge is 2.41. The number of carbonyl (C=O) groups is 1. The molecule has 3 rings (SSSR count). The summed E-state index contributed by atoms with van der Waals surface area (Å²) in [5.41, 5.74) is 7.11. The molecule has 4 heteroatoms. The Balaban J connectivity index is 1.60. The molecule has 2 fully saturated rings. The van der Waals surface area contributed by atoms with E-state index in [1.165, 1.54) is 12.8 Å². The summed E-state index contributed by atoms with van der Waals surface area (Å²) < 4.78 is 0. The Labute approximate surface area is 107 Å². The van der Waals surface area contributed by atoms with Crippen molar-refractivity contribution in [1.82, 2.24) is 9.88 Å². The van der Waals surface area contributed by atoms with Crippen molar-refractivity contribution < 1.29 is 4.79 Å². The lowest BCUT2D eigenvalue weighted by Crippen LogP contribution is -2.33. The first-order chi connectivity index (χ1) is 8.74. The Morgan fingerprint density at radius 2 is 2.28 bits per heavy atom. The van der Waals surface area contributed by atoms with E-state index in [2.05, 4.69) is 4.98 Å². The van der Waals surface area contributed by atoms with Crippen LogP contribution in [0.4, 0.5) is 0 Å². The van der Waals surface area contributed by atoms with E-state index in [-0.39, 0.29) is 11.9 Å². The van der Waals surface area contributed by atoms with Gasteiger partial charge in [-0.05, 0) is 36.3 Å². The van der Waals surface area contributed by atoms with Crippen molar-refractivity contribution in [2.45, 2.75) is 25.3 Å². The third-order valence-electron chi connectivity index (χ3n) is 4.07. The number of hydrogen-bond acceptors (Lipinski definition) is 3. The van der Waals surface area contributed by atoms with Crippen molar-refractivity contribution in [3.05, 3.63) is 30.1 Å². The van der Waals surface area contributed by atoms with Crippen molar-refractivity contribution in [3.63, 3.8) is 0 Å². The monoisotopic (exact) mass is 245 g/mol. The maximum atomic E-state index is 12.2. The van der Waals surface area contributed by atoms with Gasteiger partial charge in [0.1, 0.15) is 0 Å². The first-order valence-corrected chi connectivity index (χ1v) is 6.66. The van der Waals surface area contributed by atoms with Gasteiger partial charge >= 0.3 is 0 Å². The van der Waals surface area contributed by atoms with Gasteiger partial charge in [0.25, 0.3) is 0 Å². The fraction of sp³-hybridized carbons (Fsp3) is 0.571. The molecule has 2 heterocycles. The number of carbonyl (C=O) groups excluding carboxylic acids is 1. The second-order valence-electron chi connectivity index (χ2n) is 5.50. The van der Waals surface area contributed by atoms with Gasteiger partial charge in [0.05, 0.1) is 6.42 Å². The summed E-state index contributed by atoms with van der Waals surface area (Å²) in [5.74, 6) is 1.49. The molecular formula is C14H19N3O. The van der Waals surface area contributed by atoms with Gasteiger partial charge in [-0.25, -0.2) is 0 Å². The summed E-state index contributed by atoms with van der Waals surface area (Å²) in [6, 6.07) is 3.99. The third kappa shape index (κ3) is 2.38. The van der Waals surface area contributed by atoms with Crippen molar-refractivity contribution in [2.24, 2.45) is 17.6 Å². The molecular weight excluding hydrogens is 226 g/mol. The van der Waals surface area contributed by atoms with Crippen LogP contribution in [0.2, 0.25) is 0 Å². The summed E-state index contributed by atoms with van der Waals surface area (Å²) in [5, 5.41) is 0. The molecule has 18 heavy (non-hydrogen) atoms. The minimum Gasteiger partial charge on any atom is -0.340 e. The molecule has 1 saturated carbocycles. The molecule has 1 aliphatic carbocycles. The van der Waals surface area contributed by atoms with E-state index >= 15 is 0 Å². The predicted molar refractivity (Wildman–Crippen MR) is 68.7 cm³/mol. The molecule has 2 aliphatic rings. The number of nitrogens with zero attached hydrogens (tertiary/aromatic N) is 2. The normalized spacial score (nSPS) is 27.5. The van der Waals surface area contributed by atoms with E-state index in [4.69, 9.17) is 5.73 Å². The Hall–Kier alpha value is -1.42. The maximum Gasteiger partial charge on any atom is 0.227 e. The lowest BCUT2D eigenvalue weighted by Gasteiger charge is -2.16. The average Bonchev–Trinajstić information content (AvgIpc) is 3.14. The van der Waals surface area contributed by atoms with Crippen LogP contribution >= 0.6 is 0 Å². The van der Waals surface area contributed by atoms with Gasteiger partial charge in [-0.15, -0.1) is 0 Å². The molecule has 0 aromatic carbocycles. The molecule has 1 aromatic rings. The molecule has 1 aromatic heterocycles. The highest BCUT2D eigenvalue weighted by molar-refractivity contribution is 5.79. The first-order valence-electron chi connectivity index (χ1n) is 6.66. The zero-order chi connectivity index (χ0) is 12.5. The third-order valence-corrected chi connectivity index (χ3v) is 4.07. The first kappa shape index (κ1) is 11.7. The van der Waals surface area contributed by atoms with E-state index in [0.29, 0.717) is 12.3 Å². The molecule has 96 valence electrons. The van der Waals surface area contributed by atoms with E-state index in [0.717, 1.165) is 24.6 Å². The van der Waals surface area contributed by atoms with E-state index in [1.807, 2.05) is 17.0 Å². The Morgan fingerprint density at radius 3 is 2.94 bits per heavy atom. The quantitative estimate of drug-likeness (QED) is 0.857. The molecule has 1 amide bonds. The van der Waals surface area contributed by atoms with Crippen LogP contribution in [0.15, 0.2) is 24.5 Å². The summed E-state index contributed by atoms with van der Waals surface area (Å²) in [7, 11) is 0. The zero-order valence-corrected chi connectivity index (χ0v) is 10.5. The second-order valence-corrected chi connectivity index (χ2v) is 5.50. The van der Waals surface area contributed by atoms with Gasteiger partial charge in [0, 0.05) is 31.5 Å². The number of hydrogen-bond donors (Lipinski definition) is 1. The predicted octanol–water partition coefficient (Wildman–Crippen LogP) is 0.820. The molecule has 0 spiro atoms. The molecule has 4 nitrogen and oxygen atoms in total. The molecule has 1 saturated heterocycles. The highest BCUT2D eigenvalue weighted by Crippen LogP contribution is 2.40. The van der Waals surface area contributed by atoms with Crippen molar-refractivity contribution in [3.8, 4) is 0 Å². The summed E-state index contributed by atoms with van der Waals surface area (Å²) in [6.07, 6.45) is 6.51. The van der Waals surface area contributed by atoms with Crippen molar-refractivity contribution in [2.75, 3.05) is 13.1 Å². The summed E-state index contributed by atoms with van der Waals surface area (Å²) >= 11 is 0.